The third kappa shape index (κ3) is 10.4. The van der Waals surface area contributed by atoms with Gasteiger partial charge < -0.3 is 49.6 Å². The highest BCUT2D eigenvalue weighted by Gasteiger charge is 2.46. The average molecular weight is 1060 g/mol. The molecule has 1 saturated carbocycles. The Kier molecular flexibility index (Phi) is 14.7. The number of benzene rings is 3. The number of phenols is 1. The lowest BCUT2D eigenvalue weighted by Crippen LogP contribution is -2.54. The van der Waals surface area contributed by atoms with Crippen molar-refractivity contribution < 1.29 is 38.3 Å². The highest BCUT2D eigenvalue weighted by atomic mass is 35.5. The Balaban J connectivity index is 0.645. The molecule has 2 unspecified atom stereocenters. The van der Waals surface area contributed by atoms with Gasteiger partial charge in [0, 0.05) is 67.7 Å². The highest BCUT2D eigenvalue weighted by Crippen LogP contribution is 2.42. The number of carbonyl (C=O) groups excluding carboxylic acids is 2. The summed E-state index contributed by atoms with van der Waals surface area (Å²) in [4.78, 5) is 51.9. The summed E-state index contributed by atoms with van der Waals surface area (Å²) < 4.78 is 26.5. The number of ether oxygens (including phenoxy) is 1. The number of piperazine rings is 1. The van der Waals surface area contributed by atoms with E-state index in [1.807, 2.05) is 44.4 Å². The SMILES string of the molecule is CC(C)[C@@H](C(=O)N1C[C@H](O)C[C@H]1C(=O)NOc1ccc(-c2ccccc2F)cc1)c1onc(O[C@H]2CC[C@@H](N3CCC(c4cnc(N5C6CCC5CN(c5cc(-c7ccccc7O)nnc5N)C6)nc4)CC3)CC2)c1Cl. The van der Waals surface area contributed by atoms with E-state index in [4.69, 9.17) is 41.4 Å². The van der Waals surface area contributed by atoms with Gasteiger partial charge in [-0.25, -0.2) is 14.4 Å². The Labute approximate surface area is 445 Å². The minimum Gasteiger partial charge on any atom is -0.507 e. The second kappa shape index (κ2) is 21.9. The van der Waals surface area contributed by atoms with Crippen LogP contribution in [0.1, 0.15) is 94.8 Å². The van der Waals surface area contributed by atoms with Crippen LogP contribution in [-0.2, 0) is 9.59 Å². The van der Waals surface area contributed by atoms with E-state index < -0.39 is 29.9 Å². The molecule has 2 bridgehead atoms. The molecule has 20 heteroatoms. The number of phenolic OH excluding ortho intramolecular Hbond substituents is 1. The van der Waals surface area contributed by atoms with Crippen molar-refractivity contribution in [3.63, 3.8) is 0 Å². The van der Waals surface area contributed by atoms with Crippen LogP contribution in [0.4, 0.5) is 21.8 Å². The van der Waals surface area contributed by atoms with Crippen molar-refractivity contribution in [3.8, 4) is 39.8 Å². The summed E-state index contributed by atoms with van der Waals surface area (Å²) in [6.45, 7) is 7.15. The van der Waals surface area contributed by atoms with Gasteiger partial charge in [0.25, 0.3) is 11.8 Å². The smallest absolute Gasteiger partial charge is 0.275 e. The fourth-order valence-electron chi connectivity index (χ4n) is 12.2. The number of nitrogens with one attached hydrogen (secondary N) is 1. The number of rotatable bonds is 14. The number of aromatic nitrogens is 5. The maximum atomic E-state index is 14.3. The third-order valence-electron chi connectivity index (χ3n) is 16.2. The molecule has 18 nitrogen and oxygen atoms in total. The zero-order valence-corrected chi connectivity index (χ0v) is 43.3. The van der Waals surface area contributed by atoms with Crippen molar-refractivity contribution >= 4 is 40.9 Å². The quantitative estimate of drug-likeness (QED) is 0.0761. The van der Waals surface area contributed by atoms with Crippen LogP contribution in [0.15, 0.2) is 95.8 Å². The molecule has 5 aliphatic rings. The van der Waals surface area contributed by atoms with Crippen LogP contribution < -0.4 is 30.6 Å². The Hall–Kier alpha value is -7.09. The molecule has 7 heterocycles. The molecule has 3 aromatic heterocycles. The van der Waals surface area contributed by atoms with Crippen LogP contribution in [0, 0.1) is 11.7 Å². The molecule has 4 aliphatic heterocycles. The first kappa shape index (κ1) is 51.0. The van der Waals surface area contributed by atoms with E-state index in [0.29, 0.717) is 45.9 Å². The number of anilines is 3. The number of hydrogen-bond donors (Lipinski definition) is 4. The monoisotopic (exact) mass is 1060 g/mol. The second-order valence-electron chi connectivity index (χ2n) is 21.2. The van der Waals surface area contributed by atoms with E-state index in [9.17, 15) is 24.2 Å². The lowest BCUT2D eigenvalue weighted by Gasteiger charge is -2.42. The Bertz CT molecular complexity index is 3010. The van der Waals surface area contributed by atoms with Crippen molar-refractivity contribution in [1.82, 2.24) is 40.6 Å². The number of aromatic hydroxyl groups is 1. The molecule has 5 fully saturated rings. The summed E-state index contributed by atoms with van der Waals surface area (Å²) in [5, 5.41) is 34.0. The van der Waals surface area contributed by atoms with Crippen molar-refractivity contribution in [1.29, 1.82) is 0 Å². The highest BCUT2D eigenvalue weighted by molar-refractivity contribution is 6.32. The number of piperidine rings is 1. The molecule has 5 atom stereocenters. The fourth-order valence-corrected chi connectivity index (χ4v) is 12.4. The largest absolute Gasteiger partial charge is 0.507 e. The van der Waals surface area contributed by atoms with Gasteiger partial charge in [-0.3, -0.25) is 9.59 Å². The van der Waals surface area contributed by atoms with E-state index in [1.54, 1.807) is 54.6 Å². The minimum absolute atomic E-state index is 0.0111. The number of hydroxylamine groups is 1. The number of fused-ring (bicyclic) bond motifs is 2. The van der Waals surface area contributed by atoms with E-state index >= 15 is 0 Å². The van der Waals surface area contributed by atoms with Gasteiger partial charge in [0.2, 0.25) is 11.9 Å². The van der Waals surface area contributed by atoms with Gasteiger partial charge in [0.05, 0.1) is 17.5 Å². The predicted octanol–water partition coefficient (Wildman–Crippen LogP) is 7.91. The van der Waals surface area contributed by atoms with Crippen LogP contribution in [-0.4, -0.2) is 126 Å². The predicted molar refractivity (Wildman–Crippen MR) is 283 cm³/mol. The molecule has 3 aromatic carbocycles. The molecule has 4 saturated heterocycles. The summed E-state index contributed by atoms with van der Waals surface area (Å²) in [6.07, 6.45) is 10.7. The van der Waals surface area contributed by atoms with Crippen LogP contribution in [0.5, 0.6) is 17.4 Å². The lowest BCUT2D eigenvalue weighted by atomic mass is 9.87. The Morgan fingerprint density at radius 3 is 2.21 bits per heavy atom. The van der Waals surface area contributed by atoms with Gasteiger partial charge in [-0.15, -0.1) is 10.2 Å². The van der Waals surface area contributed by atoms with Crippen LogP contribution in [0.2, 0.25) is 5.02 Å². The van der Waals surface area contributed by atoms with Gasteiger partial charge in [-0.1, -0.05) is 67.9 Å². The summed E-state index contributed by atoms with van der Waals surface area (Å²) in [5.41, 5.74) is 13.1. The van der Waals surface area contributed by atoms with Gasteiger partial charge in [-0.05, 0) is 129 Å². The number of aliphatic hydroxyl groups is 1. The maximum Gasteiger partial charge on any atom is 0.275 e. The molecule has 76 heavy (non-hydrogen) atoms. The number of carbonyl (C=O) groups is 2. The first-order chi connectivity index (χ1) is 36.9. The first-order valence-electron chi connectivity index (χ1n) is 26.5. The number of aliphatic hydroxyl groups excluding tert-OH is 1. The van der Waals surface area contributed by atoms with Crippen molar-refractivity contribution in [2.75, 3.05) is 48.3 Å². The number of hydrogen-bond acceptors (Lipinski definition) is 16. The zero-order chi connectivity index (χ0) is 52.6. The molecule has 6 aromatic rings. The van der Waals surface area contributed by atoms with Crippen LogP contribution in [0.3, 0.4) is 0 Å². The average Bonchev–Trinajstić information content (AvgIpc) is 4.12. The first-order valence-corrected chi connectivity index (χ1v) is 26.9. The molecular weight excluding hydrogens is 993 g/mol. The number of likely N-dealkylation sites (tertiary alicyclic amines) is 2. The second-order valence-corrected chi connectivity index (χ2v) is 21.6. The molecule has 11 rings (SSSR count). The number of β-amino-alcohol motifs (C(OH)–C–C–N with tert-alkyl or cyclic N) is 1. The molecule has 2 amide bonds. The lowest BCUT2D eigenvalue weighted by molar-refractivity contribution is -0.143. The number of halogens is 2. The Morgan fingerprint density at radius 1 is 0.855 bits per heavy atom. The summed E-state index contributed by atoms with van der Waals surface area (Å²) in [7, 11) is 0. The normalized spacial score (nSPS) is 23.5. The van der Waals surface area contributed by atoms with Gasteiger partial charge in [0.15, 0.2) is 17.3 Å². The topological polar surface area (TPSA) is 222 Å². The molecule has 0 spiro atoms. The van der Waals surface area contributed by atoms with Crippen molar-refractivity contribution in [2.45, 2.75) is 120 Å². The summed E-state index contributed by atoms with van der Waals surface area (Å²) in [5.74, 6) is -0.339. The van der Waals surface area contributed by atoms with Crippen molar-refractivity contribution in [2.24, 2.45) is 5.92 Å². The minimum atomic E-state index is -1.03. The van der Waals surface area contributed by atoms with E-state index in [-0.39, 0.29) is 65.3 Å². The number of para-hydroxylation sites is 1. The zero-order valence-electron chi connectivity index (χ0n) is 42.5. The molecule has 1 aliphatic carbocycles. The summed E-state index contributed by atoms with van der Waals surface area (Å²) >= 11 is 6.91. The standard InChI is InChI=1S/C56H63ClFN11O7/c1-32(2)49(55(73)68-31-39(70)25-47(68)53(72)64-75-41-17-11-34(12-18-41)42-7-3-5-9-44(42)58)51-50(57)54(65-76-51)74-40-19-15-36(16-20-40)66-23-21-33(22-24-66)35-27-60-56(61-28-35)69-37-13-14-38(69)30-67(29-37)46-26-45(62-63-52(46)59)43-8-4-6-10-48(43)71/h3-12,17-18,26-28,32-33,36-40,47,49,70-71H,13-16,19-25,29-31H2,1-2H3,(H2,59,63)(H,64,72)/t36-,37?,38?,39-,40+,47+,49-/m1/s1. The van der Waals surface area contributed by atoms with E-state index in [2.05, 4.69) is 35.5 Å². The molecular formula is C56H63ClFN11O7. The van der Waals surface area contributed by atoms with Crippen molar-refractivity contribution in [3.05, 3.63) is 113 Å². The van der Waals surface area contributed by atoms with E-state index in [1.165, 1.54) is 16.5 Å². The fraction of sp³-hybridized carbons (Fsp3) is 0.446. The van der Waals surface area contributed by atoms with Gasteiger partial charge in [0.1, 0.15) is 34.7 Å². The number of amides is 2. The molecule has 5 N–H and O–H groups in total. The van der Waals surface area contributed by atoms with Crippen LogP contribution in [0.25, 0.3) is 22.4 Å². The number of nitrogen functional groups attached to an aromatic ring is 1. The number of nitrogens with zero attached hydrogens (tertiary/aromatic N) is 9. The Morgan fingerprint density at radius 2 is 1.53 bits per heavy atom. The molecule has 0 radical (unpaired) electrons. The van der Waals surface area contributed by atoms with Gasteiger partial charge >= 0.3 is 0 Å². The maximum absolute atomic E-state index is 14.3. The summed E-state index contributed by atoms with van der Waals surface area (Å²) in [6, 6.07) is 21.9. The van der Waals surface area contributed by atoms with Gasteiger partial charge in [-0.2, -0.15) is 5.48 Å². The van der Waals surface area contributed by atoms with Crippen LogP contribution >= 0.6 is 11.6 Å². The van der Waals surface area contributed by atoms with E-state index in [0.717, 1.165) is 89.2 Å². The molecule has 398 valence electrons. The third-order valence-corrected chi connectivity index (χ3v) is 16.5. The number of nitrogens with two attached hydrogens (primary N) is 1.